The summed E-state index contributed by atoms with van der Waals surface area (Å²) in [5, 5.41) is 12.6. The largest absolute Gasteiger partial charge is 0.507 e. The minimum atomic E-state index is -0.347. The maximum absolute atomic E-state index is 11.7. The molecule has 1 saturated heterocycles. The van der Waals surface area contributed by atoms with E-state index in [0.717, 1.165) is 46.2 Å². The second-order valence-electron chi connectivity index (χ2n) is 10.4. The molecule has 32 heavy (non-hydrogen) atoms. The molecule has 0 spiro atoms. The van der Waals surface area contributed by atoms with Gasteiger partial charge in [-0.25, -0.2) is 0 Å². The number of nitrogens with one attached hydrogen (secondary N) is 1. The molecule has 0 aromatic heterocycles. The van der Waals surface area contributed by atoms with Gasteiger partial charge >= 0.3 is 0 Å². The van der Waals surface area contributed by atoms with Crippen LogP contribution in [0.15, 0.2) is 36.4 Å². The van der Waals surface area contributed by atoms with Crippen molar-refractivity contribution in [3.05, 3.63) is 58.7 Å². The third kappa shape index (κ3) is 5.85. The monoisotopic (exact) mass is 455 g/mol. The zero-order valence-electron chi connectivity index (χ0n) is 19.7. The Morgan fingerprint density at radius 2 is 1.47 bits per heavy atom. The first-order chi connectivity index (χ1) is 14.8. The molecule has 172 valence electrons. The first-order valence-corrected chi connectivity index (χ1v) is 11.8. The van der Waals surface area contributed by atoms with Crippen LogP contribution in [0.3, 0.4) is 0 Å². The fourth-order valence-electron chi connectivity index (χ4n) is 3.71. The standard InChI is InChI=1S/C26H33NO4S/c1-25(2,3)19-14-18(15-20(22(19)28)26(4,5)6)31-12-11-16-7-9-17(10-8-16)13-21-23(29)27-24(30)32-21/h7-10,14-15,21,28H,11-13H2,1-6H3,(H,27,29,30)/t21-/m1/s1. The van der Waals surface area contributed by atoms with Gasteiger partial charge in [-0.3, -0.25) is 14.9 Å². The maximum atomic E-state index is 11.7. The molecule has 1 fully saturated rings. The van der Waals surface area contributed by atoms with Crippen molar-refractivity contribution in [3.8, 4) is 11.5 Å². The molecular formula is C26H33NO4S. The van der Waals surface area contributed by atoms with Crippen molar-refractivity contribution in [1.29, 1.82) is 0 Å². The highest BCUT2D eigenvalue weighted by Crippen LogP contribution is 2.41. The van der Waals surface area contributed by atoms with Crippen molar-refractivity contribution < 1.29 is 19.4 Å². The number of carbonyl (C=O) groups is 2. The predicted molar refractivity (Wildman–Crippen MR) is 130 cm³/mol. The van der Waals surface area contributed by atoms with E-state index in [0.29, 0.717) is 18.8 Å². The van der Waals surface area contributed by atoms with Crippen LogP contribution in [0.2, 0.25) is 0 Å². The average Bonchev–Trinajstić information content (AvgIpc) is 2.99. The van der Waals surface area contributed by atoms with Gasteiger partial charge < -0.3 is 9.84 Å². The van der Waals surface area contributed by atoms with E-state index in [4.69, 9.17) is 4.74 Å². The molecule has 6 heteroatoms. The summed E-state index contributed by atoms with van der Waals surface area (Å²) >= 11 is 1.05. The number of phenolic OH excluding ortho intramolecular Hbond substituents is 1. The van der Waals surface area contributed by atoms with Gasteiger partial charge in [0, 0.05) is 17.5 Å². The van der Waals surface area contributed by atoms with Crippen LogP contribution in [-0.4, -0.2) is 28.1 Å². The van der Waals surface area contributed by atoms with Gasteiger partial charge in [0.1, 0.15) is 11.5 Å². The molecule has 0 bridgehead atoms. The van der Waals surface area contributed by atoms with Gasteiger partial charge in [0.2, 0.25) is 5.91 Å². The Hall–Kier alpha value is -2.47. The predicted octanol–water partition coefficient (Wildman–Crippen LogP) is 5.50. The van der Waals surface area contributed by atoms with Crippen LogP contribution >= 0.6 is 11.8 Å². The number of ether oxygens (including phenoxy) is 1. The Morgan fingerprint density at radius 3 is 1.94 bits per heavy atom. The Bertz CT molecular complexity index is 965. The highest BCUT2D eigenvalue weighted by molar-refractivity contribution is 8.15. The molecule has 2 aromatic carbocycles. The molecule has 0 unspecified atom stereocenters. The lowest BCUT2D eigenvalue weighted by Crippen LogP contribution is -2.25. The lowest BCUT2D eigenvalue weighted by atomic mass is 9.79. The summed E-state index contributed by atoms with van der Waals surface area (Å²) in [7, 11) is 0. The number of imide groups is 1. The van der Waals surface area contributed by atoms with Gasteiger partial charge in [0.15, 0.2) is 0 Å². The van der Waals surface area contributed by atoms with E-state index >= 15 is 0 Å². The summed E-state index contributed by atoms with van der Waals surface area (Å²) in [6.07, 6.45) is 1.28. The lowest BCUT2D eigenvalue weighted by molar-refractivity contribution is -0.118. The van der Waals surface area contributed by atoms with Crippen LogP contribution in [-0.2, 0) is 28.5 Å². The molecule has 0 aliphatic carbocycles. The topological polar surface area (TPSA) is 75.6 Å². The quantitative estimate of drug-likeness (QED) is 0.601. The van der Waals surface area contributed by atoms with Crippen molar-refractivity contribution in [1.82, 2.24) is 5.32 Å². The normalized spacial score (nSPS) is 16.9. The molecular weight excluding hydrogens is 422 g/mol. The number of aromatic hydroxyl groups is 1. The van der Waals surface area contributed by atoms with E-state index in [2.05, 4.69) is 46.9 Å². The highest BCUT2D eigenvalue weighted by Gasteiger charge is 2.31. The Morgan fingerprint density at radius 1 is 0.938 bits per heavy atom. The van der Waals surface area contributed by atoms with E-state index in [-0.39, 0.29) is 27.2 Å². The molecule has 2 amide bonds. The average molecular weight is 456 g/mol. The third-order valence-corrected chi connectivity index (χ3v) is 6.55. The first-order valence-electron chi connectivity index (χ1n) is 10.9. The molecule has 1 aliphatic rings. The van der Waals surface area contributed by atoms with Crippen LogP contribution in [0.5, 0.6) is 11.5 Å². The molecule has 0 saturated carbocycles. The lowest BCUT2D eigenvalue weighted by Gasteiger charge is -2.28. The molecule has 3 rings (SSSR count). The van der Waals surface area contributed by atoms with Crippen LogP contribution in [0.4, 0.5) is 4.79 Å². The second-order valence-corrected chi connectivity index (χ2v) is 11.5. The van der Waals surface area contributed by atoms with Gasteiger partial charge in [0.25, 0.3) is 5.24 Å². The number of phenols is 1. The summed E-state index contributed by atoms with van der Waals surface area (Å²) in [5.74, 6) is 0.905. The minimum absolute atomic E-state index is 0.196. The minimum Gasteiger partial charge on any atom is -0.507 e. The summed E-state index contributed by atoms with van der Waals surface area (Å²) in [4.78, 5) is 23.1. The highest BCUT2D eigenvalue weighted by atomic mass is 32.2. The van der Waals surface area contributed by atoms with Crippen molar-refractivity contribution in [2.24, 2.45) is 0 Å². The Balaban J connectivity index is 1.65. The Kier molecular flexibility index (Phi) is 6.94. The van der Waals surface area contributed by atoms with Gasteiger partial charge in [-0.1, -0.05) is 77.6 Å². The number of benzene rings is 2. The summed E-state index contributed by atoms with van der Waals surface area (Å²) < 4.78 is 6.10. The van der Waals surface area contributed by atoms with E-state index < -0.39 is 0 Å². The van der Waals surface area contributed by atoms with E-state index in [9.17, 15) is 14.7 Å². The van der Waals surface area contributed by atoms with Crippen LogP contribution in [0, 0.1) is 0 Å². The fraction of sp³-hybridized carbons (Fsp3) is 0.462. The van der Waals surface area contributed by atoms with Crippen LogP contribution in [0.1, 0.15) is 63.8 Å². The number of carbonyl (C=O) groups excluding carboxylic acids is 2. The summed E-state index contributed by atoms with van der Waals surface area (Å²) in [5.41, 5.74) is 3.55. The van der Waals surface area contributed by atoms with Gasteiger partial charge in [0.05, 0.1) is 11.9 Å². The number of hydrogen-bond donors (Lipinski definition) is 2. The number of rotatable bonds is 6. The van der Waals surface area contributed by atoms with Crippen molar-refractivity contribution >= 4 is 22.9 Å². The summed E-state index contributed by atoms with van der Waals surface area (Å²) in [6, 6.07) is 12.0. The molecule has 1 aliphatic heterocycles. The molecule has 2 N–H and O–H groups in total. The van der Waals surface area contributed by atoms with E-state index in [1.165, 1.54) is 0 Å². The van der Waals surface area contributed by atoms with Crippen molar-refractivity contribution in [2.45, 2.75) is 70.5 Å². The van der Waals surface area contributed by atoms with Gasteiger partial charge in [-0.15, -0.1) is 0 Å². The second kappa shape index (κ2) is 9.18. The molecule has 1 heterocycles. The zero-order valence-corrected chi connectivity index (χ0v) is 20.6. The number of thioether (sulfide) groups is 1. The van der Waals surface area contributed by atoms with Crippen LogP contribution in [0.25, 0.3) is 0 Å². The van der Waals surface area contributed by atoms with Crippen molar-refractivity contribution in [3.63, 3.8) is 0 Å². The SMILES string of the molecule is CC(C)(C)c1cc(OCCc2ccc(C[C@H]3SC(=O)NC3=O)cc2)cc(C(C)(C)C)c1O. The third-order valence-electron chi connectivity index (χ3n) is 5.57. The molecule has 1 atom stereocenters. The molecule has 5 nitrogen and oxygen atoms in total. The number of amides is 2. The summed E-state index contributed by atoms with van der Waals surface area (Å²) in [6.45, 7) is 13.0. The van der Waals surface area contributed by atoms with Gasteiger partial charge in [-0.2, -0.15) is 0 Å². The molecule has 2 aromatic rings. The fourth-order valence-corrected chi connectivity index (χ4v) is 4.56. The Labute approximate surface area is 194 Å². The smallest absolute Gasteiger partial charge is 0.286 e. The maximum Gasteiger partial charge on any atom is 0.286 e. The van der Waals surface area contributed by atoms with Crippen molar-refractivity contribution in [2.75, 3.05) is 6.61 Å². The van der Waals surface area contributed by atoms with E-state index in [1.54, 1.807) is 0 Å². The first kappa shape index (κ1) is 24.2. The molecule has 0 radical (unpaired) electrons. The zero-order chi connectivity index (χ0) is 23.7. The van der Waals surface area contributed by atoms with Gasteiger partial charge in [-0.05, 0) is 40.5 Å². The number of hydrogen-bond acceptors (Lipinski definition) is 5. The van der Waals surface area contributed by atoms with Crippen LogP contribution < -0.4 is 10.1 Å². The van der Waals surface area contributed by atoms with E-state index in [1.807, 2.05) is 36.4 Å².